The summed E-state index contributed by atoms with van der Waals surface area (Å²) in [7, 11) is 1.54. The minimum atomic E-state index is -1.12. The zero-order valence-electron chi connectivity index (χ0n) is 18.9. The highest BCUT2D eigenvalue weighted by Gasteiger charge is 2.20. The van der Waals surface area contributed by atoms with Crippen LogP contribution in [0.1, 0.15) is 26.3 Å². The van der Waals surface area contributed by atoms with E-state index < -0.39 is 18.0 Å². The fourth-order valence-corrected chi connectivity index (χ4v) is 3.57. The molecule has 2 amide bonds. The third kappa shape index (κ3) is 4.74. The van der Waals surface area contributed by atoms with Gasteiger partial charge in [0.2, 0.25) is 0 Å². The number of benzene rings is 3. The van der Waals surface area contributed by atoms with Gasteiger partial charge in [-0.25, -0.2) is 9.59 Å². The molecule has 1 aromatic heterocycles. The summed E-state index contributed by atoms with van der Waals surface area (Å²) in [4.78, 5) is 42.0. The van der Waals surface area contributed by atoms with E-state index in [1.807, 2.05) is 0 Å². The van der Waals surface area contributed by atoms with E-state index in [4.69, 9.17) is 9.84 Å². The normalized spacial score (nSPS) is 10.6. The minimum absolute atomic E-state index is 0.00646. The molecule has 0 aliphatic rings. The van der Waals surface area contributed by atoms with Gasteiger partial charge in [0.05, 0.1) is 16.8 Å². The third-order valence-corrected chi connectivity index (χ3v) is 5.42. The van der Waals surface area contributed by atoms with Gasteiger partial charge >= 0.3 is 12.1 Å². The maximum absolute atomic E-state index is 12.8. The van der Waals surface area contributed by atoms with Gasteiger partial charge in [0.15, 0.2) is 0 Å². The largest absolute Gasteiger partial charge is 0.506 e. The molecular formula is C26H21N3O6. The monoisotopic (exact) mass is 471 g/mol. The number of pyridine rings is 1. The predicted molar refractivity (Wildman–Crippen MR) is 130 cm³/mol. The van der Waals surface area contributed by atoms with Crippen molar-refractivity contribution in [3.63, 3.8) is 0 Å². The van der Waals surface area contributed by atoms with Crippen molar-refractivity contribution in [2.45, 2.75) is 6.92 Å². The maximum atomic E-state index is 12.8. The zero-order valence-corrected chi connectivity index (χ0v) is 18.9. The van der Waals surface area contributed by atoms with E-state index >= 15 is 0 Å². The minimum Gasteiger partial charge on any atom is -0.506 e. The van der Waals surface area contributed by atoms with E-state index in [2.05, 4.69) is 10.3 Å². The first-order chi connectivity index (χ1) is 16.8. The lowest BCUT2D eigenvalue weighted by atomic mass is 10.0. The van der Waals surface area contributed by atoms with Crippen molar-refractivity contribution in [3.8, 4) is 11.5 Å². The molecule has 0 fully saturated rings. The Morgan fingerprint density at radius 2 is 1.77 bits per heavy atom. The van der Waals surface area contributed by atoms with E-state index in [-0.39, 0.29) is 22.6 Å². The summed E-state index contributed by atoms with van der Waals surface area (Å²) in [6.07, 6.45) is 2.48. The topological polar surface area (TPSA) is 129 Å². The smallest absolute Gasteiger partial charge is 0.419 e. The predicted octanol–water partition coefficient (Wildman–Crippen LogP) is 4.83. The molecule has 0 saturated carbocycles. The van der Waals surface area contributed by atoms with Gasteiger partial charge in [-0.3, -0.25) is 14.7 Å². The second-order valence-electron chi connectivity index (χ2n) is 7.74. The Morgan fingerprint density at radius 3 is 2.51 bits per heavy atom. The number of aromatic hydroxyl groups is 1. The van der Waals surface area contributed by atoms with Crippen LogP contribution >= 0.6 is 0 Å². The Hall–Kier alpha value is -4.92. The average Bonchev–Trinajstić information content (AvgIpc) is 2.85. The van der Waals surface area contributed by atoms with Gasteiger partial charge in [0, 0.05) is 41.5 Å². The lowest BCUT2D eigenvalue weighted by Crippen LogP contribution is -2.29. The summed E-state index contributed by atoms with van der Waals surface area (Å²) in [6, 6.07) is 15.4. The molecule has 0 bridgehead atoms. The molecular weight excluding hydrogens is 450 g/mol. The molecule has 3 aromatic carbocycles. The van der Waals surface area contributed by atoms with Crippen LogP contribution in [0.25, 0.3) is 10.8 Å². The number of nitrogens with zero attached hydrogens (tertiary/aromatic N) is 2. The molecule has 1 heterocycles. The Kier molecular flexibility index (Phi) is 6.32. The molecule has 0 atom stereocenters. The second kappa shape index (κ2) is 9.52. The number of fused-ring (bicyclic) bond motifs is 1. The number of aryl methyl sites for hydroxylation is 1. The first kappa shape index (κ1) is 23.2. The Morgan fingerprint density at radius 1 is 1.00 bits per heavy atom. The molecule has 0 saturated heterocycles. The molecule has 0 unspecified atom stereocenters. The van der Waals surface area contributed by atoms with Crippen LogP contribution in [0.5, 0.6) is 11.5 Å². The zero-order chi connectivity index (χ0) is 25.1. The van der Waals surface area contributed by atoms with E-state index in [1.165, 1.54) is 35.4 Å². The number of carboxylic acids is 1. The standard InChI is InChI=1S/C26H21N3O6/c1-15-14-27-12-11-22(15)35-26(34)29(2)21-8-4-7-19-18(21)9-10-20(23(19)30)24(31)28-17-6-3-5-16(13-17)25(32)33/h3-14,30H,1-2H3,(H,28,31)(H,32,33). The number of nitrogens with one attached hydrogen (secondary N) is 1. The van der Waals surface area contributed by atoms with Crippen LogP contribution in [-0.4, -0.2) is 40.2 Å². The van der Waals surface area contributed by atoms with Crippen LogP contribution in [0.2, 0.25) is 0 Å². The van der Waals surface area contributed by atoms with Crippen molar-refractivity contribution in [1.82, 2.24) is 4.98 Å². The number of phenols is 1. The highest BCUT2D eigenvalue weighted by atomic mass is 16.6. The van der Waals surface area contributed by atoms with Crippen LogP contribution in [0.15, 0.2) is 73.1 Å². The van der Waals surface area contributed by atoms with Crippen LogP contribution in [0.3, 0.4) is 0 Å². The first-order valence-electron chi connectivity index (χ1n) is 10.5. The number of ether oxygens (including phenoxy) is 1. The summed E-state index contributed by atoms with van der Waals surface area (Å²) in [5, 5.41) is 23.5. The van der Waals surface area contributed by atoms with Gasteiger partial charge in [0.25, 0.3) is 5.91 Å². The SMILES string of the molecule is Cc1cnccc1OC(=O)N(C)c1cccc2c(O)c(C(=O)Nc3cccc(C(=O)O)c3)ccc12. The fourth-order valence-electron chi connectivity index (χ4n) is 3.57. The average molecular weight is 471 g/mol. The van der Waals surface area contributed by atoms with E-state index in [9.17, 15) is 19.5 Å². The molecule has 0 radical (unpaired) electrons. The molecule has 0 aliphatic carbocycles. The lowest BCUT2D eigenvalue weighted by molar-refractivity contribution is 0.0696. The molecule has 9 nitrogen and oxygen atoms in total. The number of rotatable bonds is 5. The third-order valence-electron chi connectivity index (χ3n) is 5.42. The van der Waals surface area contributed by atoms with Gasteiger partial charge in [0.1, 0.15) is 11.5 Å². The molecule has 0 aliphatic heterocycles. The van der Waals surface area contributed by atoms with Crippen LogP contribution in [0, 0.1) is 6.92 Å². The molecule has 4 rings (SSSR count). The number of aromatic carboxylic acids is 1. The summed E-state index contributed by atoms with van der Waals surface area (Å²) in [5.41, 5.74) is 1.46. The molecule has 176 valence electrons. The number of phenolic OH excluding ortho intramolecular Hbond substituents is 1. The van der Waals surface area contributed by atoms with Gasteiger partial charge in [-0.1, -0.05) is 24.3 Å². The van der Waals surface area contributed by atoms with Gasteiger partial charge in [-0.05, 0) is 43.3 Å². The summed E-state index contributed by atoms with van der Waals surface area (Å²) in [6.45, 7) is 1.77. The van der Waals surface area contributed by atoms with Gasteiger partial charge in [-0.15, -0.1) is 0 Å². The van der Waals surface area contributed by atoms with Crippen LogP contribution in [-0.2, 0) is 0 Å². The van der Waals surface area contributed by atoms with Crippen molar-refractivity contribution < 1.29 is 29.3 Å². The van der Waals surface area contributed by atoms with Crippen molar-refractivity contribution in [2.24, 2.45) is 0 Å². The lowest BCUT2D eigenvalue weighted by Gasteiger charge is -2.20. The number of carbonyl (C=O) groups excluding carboxylic acids is 2. The molecule has 9 heteroatoms. The Balaban J connectivity index is 1.62. The number of carboxylic acid groups (broad SMARTS) is 1. The Labute approximate surface area is 200 Å². The van der Waals surface area contributed by atoms with Crippen LogP contribution in [0.4, 0.5) is 16.2 Å². The molecule has 3 N–H and O–H groups in total. The highest BCUT2D eigenvalue weighted by molar-refractivity contribution is 6.12. The number of hydrogen-bond acceptors (Lipinski definition) is 6. The first-order valence-corrected chi connectivity index (χ1v) is 10.5. The van der Waals surface area contributed by atoms with E-state index in [0.717, 1.165) is 0 Å². The number of aromatic nitrogens is 1. The highest BCUT2D eigenvalue weighted by Crippen LogP contribution is 2.35. The maximum Gasteiger partial charge on any atom is 0.419 e. The van der Waals surface area contributed by atoms with Gasteiger partial charge < -0.3 is 20.3 Å². The van der Waals surface area contributed by atoms with E-state index in [0.29, 0.717) is 27.8 Å². The molecule has 4 aromatic rings. The van der Waals surface area contributed by atoms with Crippen LogP contribution < -0.4 is 15.0 Å². The van der Waals surface area contributed by atoms with E-state index in [1.54, 1.807) is 56.6 Å². The van der Waals surface area contributed by atoms with Crippen molar-refractivity contribution in [1.29, 1.82) is 0 Å². The molecule has 35 heavy (non-hydrogen) atoms. The quantitative estimate of drug-likeness (QED) is 0.380. The summed E-state index contributed by atoms with van der Waals surface area (Å²) >= 11 is 0. The Bertz CT molecular complexity index is 1470. The van der Waals surface area contributed by atoms with Crippen molar-refractivity contribution >= 4 is 40.1 Å². The number of hydrogen-bond donors (Lipinski definition) is 3. The summed E-state index contributed by atoms with van der Waals surface area (Å²) < 4.78 is 5.47. The number of amides is 2. The summed E-state index contributed by atoms with van der Waals surface area (Å²) in [5.74, 6) is -1.63. The van der Waals surface area contributed by atoms with Gasteiger partial charge in [-0.2, -0.15) is 0 Å². The number of carbonyl (C=O) groups is 3. The van der Waals surface area contributed by atoms with Crippen molar-refractivity contribution in [2.75, 3.05) is 17.3 Å². The second-order valence-corrected chi connectivity index (χ2v) is 7.74. The number of anilines is 2. The van der Waals surface area contributed by atoms with Crippen molar-refractivity contribution in [3.05, 3.63) is 89.7 Å². The molecule has 0 spiro atoms. The fraction of sp³-hybridized carbons (Fsp3) is 0.0769.